The van der Waals surface area contributed by atoms with E-state index < -0.39 is 0 Å². The molecule has 0 aliphatic heterocycles. The number of halogens is 2. The highest BCUT2D eigenvalue weighted by Crippen LogP contribution is 2.33. The van der Waals surface area contributed by atoms with Crippen molar-refractivity contribution < 1.29 is 5.11 Å². The van der Waals surface area contributed by atoms with Crippen molar-refractivity contribution in [1.82, 2.24) is 24.5 Å². The first kappa shape index (κ1) is 23.5. The van der Waals surface area contributed by atoms with Crippen LogP contribution < -0.4 is 10.9 Å². The molecule has 0 amide bonds. The van der Waals surface area contributed by atoms with E-state index in [1.807, 2.05) is 60.2 Å². The van der Waals surface area contributed by atoms with Crippen molar-refractivity contribution in [2.75, 3.05) is 11.9 Å². The average Bonchev–Trinajstić information content (AvgIpc) is 3.48. The minimum atomic E-state index is -0.300. The topological polar surface area (TPSA) is 112 Å². The molecule has 0 radical (unpaired) electrons. The van der Waals surface area contributed by atoms with Crippen molar-refractivity contribution in [3.05, 3.63) is 91.7 Å². The number of pyridine rings is 1. The smallest absolute Gasteiger partial charge is 0.261 e. The van der Waals surface area contributed by atoms with E-state index in [1.54, 1.807) is 12.4 Å². The summed E-state index contributed by atoms with van der Waals surface area (Å²) >= 11 is 7.01. The number of hydrogen-bond donors (Lipinski definition) is 4. The molecule has 2 aromatic carbocycles. The zero-order chi connectivity index (χ0) is 24.5. The number of nitrogens with one attached hydrogen (secondary N) is 3. The van der Waals surface area contributed by atoms with E-state index in [1.165, 1.54) is 0 Å². The second-order valence-corrected chi connectivity index (χ2v) is 9.80. The van der Waals surface area contributed by atoms with E-state index in [9.17, 15) is 9.90 Å². The fraction of sp³-hybridized carbons (Fsp3) is 0.160. The Morgan fingerprint density at radius 2 is 2.00 bits per heavy atom. The van der Waals surface area contributed by atoms with Crippen LogP contribution in [-0.4, -0.2) is 42.3 Å². The highest BCUT2D eigenvalue weighted by molar-refractivity contribution is 9.10. The number of hydrogen-bond acceptors (Lipinski definition) is 5. The molecule has 0 saturated heterocycles. The van der Waals surface area contributed by atoms with Crippen molar-refractivity contribution in [3.8, 4) is 17.1 Å². The third kappa shape index (κ3) is 4.69. The van der Waals surface area contributed by atoms with Gasteiger partial charge in [-0.25, -0.2) is 9.97 Å². The SMILES string of the molecule is Cc1cc(-n2ccnc2Br)cc2[nH]c(-c3c(NC(CO)Cc4ccccc4)c(Br)c[nH]c3=O)nc12. The Morgan fingerprint density at radius 3 is 2.71 bits per heavy atom. The molecule has 3 heterocycles. The Kier molecular flexibility index (Phi) is 6.59. The molecule has 0 spiro atoms. The number of nitrogens with zero attached hydrogens (tertiary/aromatic N) is 3. The van der Waals surface area contributed by atoms with Gasteiger partial charge in [-0.1, -0.05) is 30.3 Å². The van der Waals surface area contributed by atoms with Gasteiger partial charge in [-0.05, 0) is 68.5 Å². The van der Waals surface area contributed by atoms with Crippen molar-refractivity contribution >= 4 is 48.6 Å². The average molecular weight is 598 g/mol. The summed E-state index contributed by atoms with van der Waals surface area (Å²) in [7, 11) is 0. The van der Waals surface area contributed by atoms with Gasteiger partial charge in [0.15, 0.2) is 4.73 Å². The van der Waals surface area contributed by atoms with Crippen molar-refractivity contribution in [2.24, 2.45) is 0 Å². The Labute approximate surface area is 217 Å². The molecule has 0 aliphatic rings. The molecule has 5 aromatic rings. The van der Waals surface area contributed by atoms with E-state index in [-0.39, 0.29) is 18.2 Å². The van der Waals surface area contributed by atoms with Gasteiger partial charge in [0.05, 0.1) is 39.5 Å². The minimum Gasteiger partial charge on any atom is -0.394 e. The van der Waals surface area contributed by atoms with E-state index in [0.29, 0.717) is 32.7 Å². The fourth-order valence-electron chi connectivity index (χ4n) is 4.14. The molecule has 1 unspecified atom stereocenters. The highest BCUT2D eigenvalue weighted by atomic mass is 79.9. The number of H-pyrrole nitrogens is 2. The summed E-state index contributed by atoms with van der Waals surface area (Å²) in [5.74, 6) is 0.436. The van der Waals surface area contributed by atoms with E-state index >= 15 is 0 Å². The van der Waals surface area contributed by atoms with Crippen LogP contribution in [0.1, 0.15) is 11.1 Å². The number of aromatic nitrogens is 5. The van der Waals surface area contributed by atoms with Crippen LogP contribution in [0, 0.1) is 6.92 Å². The Bertz CT molecular complexity index is 1560. The predicted molar refractivity (Wildman–Crippen MR) is 144 cm³/mol. The summed E-state index contributed by atoms with van der Waals surface area (Å²) in [6.07, 6.45) is 5.77. The number of rotatable bonds is 7. The van der Waals surface area contributed by atoms with Crippen LogP contribution in [0.25, 0.3) is 28.1 Å². The molecule has 0 bridgehead atoms. The van der Waals surface area contributed by atoms with Crippen LogP contribution in [0.3, 0.4) is 0 Å². The molecular formula is C25H22Br2N6O2. The van der Waals surface area contributed by atoms with Gasteiger partial charge in [-0.2, -0.15) is 0 Å². The summed E-state index contributed by atoms with van der Waals surface area (Å²) in [5, 5.41) is 13.4. The zero-order valence-corrected chi connectivity index (χ0v) is 21.9. The van der Waals surface area contributed by atoms with Gasteiger partial charge in [0.2, 0.25) is 0 Å². The van der Waals surface area contributed by atoms with E-state index in [4.69, 9.17) is 4.98 Å². The van der Waals surface area contributed by atoms with Gasteiger partial charge in [-0.15, -0.1) is 0 Å². The van der Waals surface area contributed by atoms with Gasteiger partial charge in [-0.3, -0.25) is 9.36 Å². The number of aromatic amines is 2. The lowest BCUT2D eigenvalue weighted by molar-refractivity contribution is 0.273. The lowest BCUT2D eigenvalue weighted by Gasteiger charge is -2.20. The number of benzene rings is 2. The number of fused-ring (bicyclic) bond motifs is 1. The molecule has 178 valence electrons. The standard InChI is InChI=1S/C25H22Br2N6O2/c1-14-9-17(33-8-7-28-25(33)27)11-19-21(14)32-23(31-19)20-22(18(26)12-29-24(20)35)30-16(13-34)10-15-5-3-2-4-6-15/h2-9,11-12,16,34H,10,13H2,1H3,(H,31,32)(H2,29,30,35). The van der Waals surface area contributed by atoms with Crippen molar-refractivity contribution in [3.63, 3.8) is 0 Å². The highest BCUT2D eigenvalue weighted by Gasteiger charge is 2.21. The summed E-state index contributed by atoms with van der Waals surface area (Å²) in [6.45, 7) is 1.88. The number of aliphatic hydroxyl groups is 1. The normalized spacial score (nSPS) is 12.2. The Balaban J connectivity index is 1.57. The summed E-state index contributed by atoms with van der Waals surface area (Å²) in [5.41, 5.74) is 5.17. The van der Waals surface area contributed by atoms with Crippen LogP contribution in [-0.2, 0) is 6.42 Å². The van der Waals surface area contributed by atoms with Crippen LogP contribution in [0.15, 0.2) is 75.1 Å². The molecule has 5 rings (SSSR count). The summed E-state index contributed by atoms with van der Waals surface area (Å²) in [6, 6.07) is 13.6. The Morgan fingerprint density at radius 1 is 1.20 bits per heavy atom. The quantitative estimate of drug-likeness (QED) is 0.212. The number of aliphatic hydroxyl groups excluding tert-OH is 1. The molecule has 8 nitrogen and oxygen atoms in total. The van der Waals surface area contributed by atoms with Gasteiger partial charge >= 0.3 is 0 Å². The largest absolute Gasteiger partial charge is 0.394 e. The molecule has 3 aromatic heterocycles. The number of anilines is 1. The third-order valence-electron chi connectivity index (χ3n) is 5.81. The van der Waals surface area contributed by atoms with Crippen LogP contribution in [0.5, 0.6) is 0 Å². The maximum absolute atomic E-state index is 13.0. The van der Waals surface area contributed by atoms with E-state index in [0.717, 1.165) is 27.8 Å². The summed E-state index contributed by atoms with van der Waals surface area (Å²) < 4.78 is 3.28. The number of aryl methyl sites for hydroxylation is 1. The first-order valence-electron chi connectivity index (χ1n) is 11.0. The monoisotopic (exact) mass is 596 g/mol. The molecule has 0 fully saturated rings. The Hall–Kier alpha value is -3.21. The molecule has 35 heavy (non-hydrogen) atoms. The maximum Gasteiger partial charge on any atom is 0.261 e. The molecule has 0 aliphatic carbocycles. The van der Waals surface area contributed by atoms with Crippen LogP contribution in [0.2, 0.25) is 0 Å². The molecule has 10 heteroatoms. The van der Waals surface area contributed by atoms with E-state index in [2.05, 4.69) is 52.1 Å². The van der Waals surface area contributed by atoms with Crippen molar-refractivity contribution in [1.29, 1.82) is 0 Å². The zero-order valence-electron chi connectivity index (χ0n) is 18.7. The van der Waals surface area contributed by atoms with Gasteiger partial charge in [0.25, 0.3) is 5.56 Å². The minimum absolute atomic E-state index is 0.101. The lowest BCUT2D eigenvalue weighted by Crippen LogP contribution is -2.28. The lowest BCUT2D eigenvalue weighted by atomic mass is 10.1. The first-order chi connectivity index (χ1) is 16.9. The summed E-state index contributed by atoms with van der Waals surface area (Å²) in [4.78, 5) is 28.1. The predicted octanol–water partition coefficient (Wildman–Crippen LogP) is 4.95. The number of imidazole rings is 2. The fourth-order valence-corrected chi connectivity index (χ4v) is 5.01. The third-order valence-corrected chi connectivity index (χ3v) is 7.02. The van der Waals surface area contributed by atoms with Crippen LogP contribution in [0.4, 0.5) is 5.69 Å². The van der Waals surface area contributed by atoms with Gasteiger partial charge < -0.3 is 20.4 Å². The molecular weight excluding hydrogens is 576 g/mol. The second-order valence-electron chi connectivity index (χ2n) is 8.24. The maximum atomic E-state index is 13.0. The van der Waals surface area contributed by atoms with Gasteiger partial charge in [0.1, 0.15) is 11.4 Å². The molecule has 0 saturated carbocycles. The first-order valence-corrected chi connectivity index (χ1v) is 12.6. The molecule has 4 N–H and O–H groups in total. The molecule has 1 atom stereocenters. The van der Waals surface area contributed by atoms with Gasteiger partial charge in [0, 0.05) is 18.6 Å². The van der Waals surface area contributed by atoms with Crippen LogP contribution >= 0.6 is 31.9 Å². The van der Waals surface area contributed by atoms with Crippen molar-refractivity contribution in [2.45, 2.75) is 19.4 Å². The second kappa shape index (κ2) is 9.80.